The topological polar surface area (TPSA) is 65.6 Å². The number of para-hydroxylation sites is 2. The van der Waals surface area contributed by atoms with Gasteiger partial charge in [-0.05, 0) is 131 Å². The second kappa shape index (κ2) is 14.2. The van der Waals surface area contributed by atoms with E-state index in [0.717, 1.165) is 90.7 Å². The van der Waals surface area contributed by atoms with Crippen LogP contribution in [0.25, 0.3) is 77.7 Å². The summed E-state index contributed by atoms with van der Waals surface area (Å²) in [7, 11) is 0. The first-order chi connectivity index (χ1) is 31.4. The zero-order valence-electron chi connectivity index (χ0n) is 36.3. The van der Waals surface area contributed by atoms with E-state index in [2.05, 4.69) is 198 Å². The molecule has 0 N–H and O–H groups in total. The van der Waals surface area contributed by atoms with Gasteiger partial charge in [-0.1, -0.05) is 77.9 Å². The van der Waals surface area contributed by atoms with Crippen molar-refractivity contribution in [2.45, 2.75) is 47.0 Å². The van der Waals surface area contributed by atoms with E-state index < -0.39 is 0 Å². The van der Waals surface area contributed by atoms with Crippen LogP contribution in [0.2, 0.25) is 0 Å². The lowest BCUT2D eigenvalue weighted by Gasteiger charge is -2.29. The molecule has 0 fully saturated rings. The Morgan fingerprint density at radius 1 is 0.641 bits per heavy atom. The van der Waals surface area contributed by atoms with Gasteiger partial charge in [0.1, 0.15) is 12.1 Å². The molecule has 64 heavy (non-hydrogen) atoms. The number of nitrogens with zero attached hydrogens (tertiary/aromatic N) is 6. The molecule has 3 aromatic heterocycles. The largest absolute Gasteiger partial charge is 0.314 e. The van der Waals surface area contributed by atoms with Gasteiger partial charge >= 0.3 is 0 Å². The highest BCUT2D eigenvalue weighted by atomic mass is 15.2. The molecule has 1 aliphatic heterocycles. The smallest absolute Gasteiger partial charge is 0.101 e. The Bertz CT molecular complexity index is 3760. The third-order valence-corrected chi connectivity index (χ3v) is 13.9. The number of fused-ring (bicyclic) bond motifs is 11. The van der Waals surface area contributed by atoms with E-state index in [4.69, 9.17) is 0 Å². The van der Waals surface area contributed by atoms with E-state index in [-0.39, 0.29) is 5.92 Å². The van der Waals surface area contributed by atoms with Crippen LogP contribution in [0.15, 0.2) is 168 Å². The minimum Gasteiger partial charge on any atom is -0.314 e. The normalized spacial score (nSPS) is 16.0. The summed E-state index contributed by atoms with van der Waals surface area (Å²) < 4.78 is 6.85. The highest BCUT2D eigenvalue weighted by Gasteiger charge is 2.41. The van der Waals surface area contributed by atoms with Crippen LogP contribution in [0, 0.1) is 42.4 Å². The molecule has 306 valence electrons. The van der Waals surface area contributed by atoms with Gasteiger partial charge in [0.2, 0.25) is 0 Å². The molecule has 1 atom stereocenters. The van der Waals surface area contributed by atoms with Crippen LogP contribution in [0.3, 0.4) is 0 Å². The number of hydrogen-bond donors (Lipinski definition) is 0. The van der Waals surface area contributed by atoms with E-state index in [1.807, 2.05) is 12.1 Å². The summed E-state index contributed by atoms with van der Waals surface area (Å²) >= 11 is 0. The van der Waals surface area contributed by atoms with Crippen molar-refractivity contribution in [3.63, 3.8) is 0 Å². The van der Waals surface area contributed by atoms with Crippen molar-refractivity contribution < 1.29 is 0 Å². The molecule has 6 nitrogen and oxygen atoms in total. The minimum absolute atomic E-state index is 0.197. The number of benzene rings is 6. The fourth-order valence-corrected chi connectivity index (χ4v) is 11.2. The molecule has 0 amide bonds. The van der Waals surface area contributed by atoms with Crippen LogP contribution in [-0.2, 0) is 6.42 Å². The fraction of sp³-hybridized carbons (Fsp3) is 0.138. The van der Waals surface area contributed by atoms with E-state index in [1.165, 1.54) is 39.5 Å². The zero-order chi connectivity index (χ0) is 43.4. The van der Waals surface area contributed by atoms with Crippen LogP contribution < -0.4 is 0 Å². The molecule has 3 aliphatic rings. The SMILES string of the molecule is C/C=C\C(=C/C)N1C2=Cc3c(n(-c4cc(C#N)c(-n5c6ccc(C)cc6c6cc7c(cc65)c5ccccc5n7-c5ccccc5)cc4C#N)c4ccc(C)cc34)CC2C2=C1C=CCC2. The molecule has 6 heteroatoms. The van der Waals surface area contributed by atoms with Crippen molar-refractivity contribution in [1.82, 2.24) is 18.6 Å². The number of hydrogen-bond acceptors (Lipinski definition) is 3. The van der Waals surface area contributed by atoms with Gasteiger partial charge in [0.05, 0.1) is 50.1 Å². The molecule has 0 radical (unpaired) electrons. The molecule has 4 heterocycles. The average molecular weight is 825 g/mol. The first-order valence-electron chi connectivity index (χ1n) is 22.3. The maximum atomic E-state index is 11.2. The molecular formula is C58H44N6. The lowest BCUT2D eigenvalue weighted by atomic mass is 9.83. The number of aromatic nitrogens is 3. The van der Waals surface area contributed by atoms with E-state index >= 15 is 0 Å². The number of rotatable bonds is 5. The van der Waals surface area contributed by atoms with E-state index in [0.29, 0.717) is 16.8 Å². The lowest BCUT2D eigenvalue weighted by Crippen LogP contribution is -2.22. The Morgan fingerprint density at radius 2 is 1.27 bits per heavy atom. The monoisotopic (exact) mass is 824 g/mol. The molecule has 6 aromatic carbocycles. The Morgan fingerprint density at radius 3 is 1.98 bits per heavy atom. The average Bonchev–Trinajstić information content (AvgIpc) is 4.03. The van der Waals surface area contributed by atoms with Crippen LogP contribution in [-0.4, -0.2) is 18.6 Å². The maximum Gasteiger partial charge on any atom is 0.101 e. The standard InChI is InChI=1S/C58H44N6/c1-5-14-39(6-2)61-49-19-12-10-17-41(49)45-29-57-47(31-55(45)61)43-25-35(3)21-23-51(43)63(57)53-27-38(34-60)54(28-37(53)33-59)64-52-24-22-36(4)26-44(52)48-32-56-46(30-58(48)64)42-18-11-13-20-50(42)62(56)40-15-8-7-9-16-40/h5-9,11-16,18-28,30-32,45H,10,17,29H2,1-4H3/b14-5-,39-6+. The zero-order valence-corrected chi connectivity index (χ0v) is 36.3. The quantitative estimate of drug-likeness (QED) is 0.162. The third-order valence-electron chi connectivity index (χ3n) is 13.9. The lowest BCUT2D eigenvalue weighted by molar-refractivity contribution is 0.528. The minimum atomic E-state index is 0.197. The Kier molecular flexibility index (Phi) is 8.39. The number of allylic oxidation sites excluding steroid dienone is 6. The van der Waals surface area contributed by atoms with Gasteiger partial charge in [-0.15, -0.1) is 0 Å². The van der Waals surface area contributed by atoms with Crippen molar-refractivity contribution in [3.05, 3.63) is 202 Å². The van der Waals surface area contributed by atoms with Gasteiger partial charge in [-0.25, -0.2) is 0 Å². The third kappa shape index (κ3) is 5.30. The fourth-order valence-electron chi connectivity index (χ4n) is 11.2. The first kappa shape index (κ1) is 37.7. The van der Waals surface area contributed by atoms with Crippen molar-refractivity contribution in [2.24, 2.45) is 5.92 Å². The Balaban J connectivity index is 1.11. The molecule has 2 aliphatic carbocycles. The molecule has 1 unspecified atom stereocenters. The van der Waals surface area contributed by atoms with Gasteiger partial charge in [0.25, 0.3) is 0 Å². The predicted molar refractivity (Wildman–Crippen MR) is 262 cm³/mol. The summed E-state index contributed by atoms with van der Waals surface area (Å²) in [5, 5.41) is 28.1. The second-order valence-corrected chi connectivity index (χ2v) is 17.5. The van der Waals surface area contributed by atoms with Gasteiger partial charge in [0, 0.05) is 73.3 Å². The Labute approximate surface area is 372 Å². The molecule has 0 saturated heterocycles. The Hall–Kier alpha value is -8.06. The van der Waals surface area contributed by atoms with Crippen molar-refractivity contribution in [3.8, 4) is 29.2 Å². The van der Waals surface area contributed by atoms with Crippen LogP contribution in [0.5, 0.6) is 0 Å². The molecule has 0 saturated carbocycles. The van der Waals surface area contributed by atoms with Gasteiger partial charge in [0.15, 0.2) is 0 Å². The number of nitriles is 2. The highest BCUT2D eigenvalue weighted by Crippen LogP contribution is 2.51. The summed E-state index contributed by atoms with van der Waals surface area (Å²) in [4.78, 5) is 2.46. The van der Waals surface area contributed by atoms with E-state index in [1.54, 1.807) is 0 Å². The summed E-state index contributed by atoms with van der Waals surface area (Å²) in [6, 6.07) is 46.0. The summed E-state index contributed by atoms with van der Waals surface area (Å²) in [6.07, 6.45) is 16.4. The number of aryl methyl sites for hydroxylation is 2. The van der Waals surface area contributed by atoms with Crippen molar-refractivity contribution >= 4 is 60.6 Å². The molecule has 12 rings (SSSR count). The predicted octanol–water partition coefficient (Wildman–Crippen LogP) is 14.1. The summed E-state index contributed by atoms with van der Waals surface area (Å²) in [5.74, 6) is 0.197. The first-order valence-corrected chi connectivity index (χ1v) is 22.3. The summed E-state index contributed by atoms with van der Waals surface area (Å²) in [5.41, 5.74) is 18.7. The maximum absolute atomic E-state index is 11.2. The van der Waals surface area contributed by atoms with E-state index in [9.17, 15) is 10.5 Å². The highest BCUT2D eigenvalue weighted by molar-refractivity contribution is 6.19. The van der Waals surface area contributed by atoms with Crippen LogP contribution in [0.4, 0.5) is 0 Å². The van der Waals surface area contributed by atoms with Crippen molar-refractivity contribution in [2.75, 3.05) is 0 Å². The molecule has 9 aromatic rings. The molecule has 0 spiro atoms. The van der Waals surface area contributed by atoms with Crippen LogP contribution in [0.1, 0.15) is 60.2 Å². The summed E-state index contributed by atoms with van der Waals surface area (Å²) in [6.45, 7) is 8.46. The van der Waals surface area contributed by atoms with Crippen LogP contribution >= 0.6 is 0 Å². The van der Waals surface area contributed by atoms with Crippen molar-refractivity contribution in [1.29, 1.82) is 10.5 Å². The molecule has 0 bridgehead atoms. The molecular weight excluding hydrogens is 781 g/mol. The second-order valence-electron chi connectivity index (χ2n) is 17.5. The van der Waals surface area contributed by atoms with Gasteiger partial charge < -0.3 is 18.6 Å². The van der Waals surface area contributed by atoms with Gasteiger partial charge in [-0.2, -0.15) is 10.5 Å². The van der Waals surface area contributed by atoms with Gasteiger partial charge in [-0.3, -0.25) is 0 Å².